The van der Waals surface area contributed by atoms with Crippen molar-refractivity contribution in [2.24, 2.45) is 0 Å². The molecule has 9 heteroatoms. The summed E-state index contributed by atoms with van der Waals surface area (Å²) in [6, 6.07) is 16.2. The van der Waals surface area contributed by atoms with Gasteiger partial charge in [0.1, 0.15) is 4.90 Å². The molecule has 0 bridgehead atoms. The van der Waals surface area contributed by atoms with Gasteiger partial charge in [-0.15, -0.1) is 0 Å². The molecular formula is C25H27N3O5S. The molecule has 1 atom stereocenters. The van der Waals surface area contributed by atoms with Gasteiger partial charge in [0.25, 0.3) is 15.9 Å². The first-order chi connectivity index (χ1) is 16.3. The number of amides is 1. The molecule has 1 heterocycles. The fraction of sp³-hybridized carbons (Fsp3) is 0.280. The number of fused-ring (bicyclic) bond motifs is 1. The van der Waals surface area contributed by atoms with E-state index in [1.54, 1.807) is 36.4 Å². The topological polar surface area (TPSA) is 116 Å². The van der Waals surface area contributed by atoms with Crippen LogP contribution in [-0.4, -0.2) is 56.5 Å². The molecule has 178 valence electrons. The zero-order valence-electron chi connectivity index (χ0n) is 18.8. The monoisotopic (exact) mass is 481 g/mol. The van der Waals surface area contributed by atoms with E-state index in [0.717, 1.165) is 25.8 Å². The number of hydrogen-bond donors (Lipinski definition) is 3. The van der Waals surface area contributed by atoms with Crippen LogP contribution in [0.1, 0.15) is 40.0 Å². The van der Waals surface area contributed by atoms with Crippen LogP contribution in [0.25, 0.3) is 10.8 Å². The summed E-state index contributed by atoms with van der Waals surface area (Å²) in [4.78, 5) is 26.9. The summed E-state index contributed by atoms with van der Waals surface area (Å²) in [5, 5.41) is 13.7. The maximum atomic E-state index is 13.3. The first kappa shape index (κ1) is 23.7. The molecule has 3 aromatic carbocycles. The minimum atomic E-state index is -4.25. The molecule has 1 unspecified atom stereocenters. The van der Waals surface area contributed by atoms with Crippen LogP contribution in [0.5, 0.6) is 0 Å². The van der Waals surface area contributed by atoms with Crippen LogP contribution in [0.3, 0.4) is 0 Å². The summed E-state index contributed by atoms with van der Waals surface area (Å²) >= 11 is 0. The average Bonchev–Trinajstić information content (AvgIpc) is 3.23. The van der Waals surface area contributed by atoms with E-state index < -0.39 is 21.9 Å². The Balaban J connectivity index is 1.58. The van der Waals surface area contributed by atoms with E-state index >= 15 is 0 Å². The van der Waals surface area contributed by atoms with E-state index in [9.17, 15) is 23.1 Å². The molecule has 3 N–H and O–H groups in total. The lowest BCUT2D eigenvalue weighted by Crippen LogP contribution is -2.32. The van der Waals surface area contributed by atoms with E-state index in [0.29, 0.717) is 23.4 Å². The van der Waals surface area contributed by atoms with Crippen LogP contribution < -0.4 is 10.0 Å². The minimum absolute atomic E-state index is 0.00689. The molecule has 0 saturated carbocycles. The van der Waals surface area contributed by atoms with Crippen LogP contribution in [0.2, 0.25) is 0 Å². The fourth-order valence-corrected chi connectivity index (χ4v) is 5.74. The molecule has 0 aliphatic carbocycles. The summed E-state index contributed by atoms with van der Waals surface area (Å²) in [5.41, 5.74) is -0.206. The highest BCUT2D eigenvalue weighted by Gasteiger charge is 2.26. The Hall–Kier alpha value is -3.43. The smallest absolute Gasteiger partial charge is 0.338 e. The Morgan fingerprint density at radius 3 is 2.53 bits per heavy atom. The van der Waals surface area contributed by atoms with Crippen molar-refractivity contribution in [2.75, 3.05) is 24.9 Å². The molecule has 1 aliphatic heterocycles. The zero-order chi connectivity index (χ0) is 24.3. The van der Waals surface area contributed by atoms with Gasteiger partial charge in [0, 0.05) is 12.6 Å². The van der Waals surface area contributed by atoms with E-state index in [1.165, 1.54) is 24.3 Å². The Bertz CT molecular complexity index is 1340. The SMILES string of the molecule is CN1CCCC1CCNC(=O)c1ccccc1S(=O)(=O)Nc1ccc2ccccc2c1C(=O)O. The van der Waals surface area contributed by atoms with Crippen molar-refractivity contribution in [1.29, 1.82) is 0 Å². The molecule has 0 radical (unpaired) electrons. The molecule has 0 spiro atoms. The molecule has 1 fully saturated rings. The summed E-state index contributed by atoms with van der Waals surface area (Å²) in [5.74, 6) is -1.74. The Morgan fingerprint density at radius 1 is 1.06 bits per heavy atom. The molecule has 3 aromatic rings. The third-order valence-electron chi connectivity index (χ3n) is 6.24. The maximum Gasteiger partial charge on any atom is 0.338 e. The standard InChI is InChI=1S/C25H27N3O5S/c1-28-16-6-8-18(28)14-15-26-24(29)20-10-4-5-11-22(20)34(32,33)27-21-13-12-17-7-2-3-9-19(17)23(21)25(30)31/h2-5,7,9-13,18,27H,6,8,14-16H2,1H3,(H,26,29)(H,30,31). The summed E-state index contributed by atoms with van der Waals surface area (Å²) in [6.07, 6.45) is 3.00. The molecule has 1 aliphatic rings. The zero-order valence-corrected chi connectivity index (χ0v) is 19.6. The van der Waals surface area contributed by atoms with E-state index in [-0.39, 0.29) is 21.7 Å². The van der Waals surface area contributed by atoms with Gasteiger partial charge in [-0.25, -0.2) is 13.2 Å². The normalized spacial score (nSPS) is 16.4. The number of nitrogens with one attached hydrogen (secondary N) is 2. The number of aromatic carboxylic acids is 1. The maximum absolute atomic E-state index is 13.3. The molecule has 34 heavy (non-hydrogen) atoms. The largest absolute Gasteiger partial charge is 0.478 e. The number of hydrogen-bond acceptors (Lipinski definition) is 5. The number of carbonyl (C=O) groups is 2. The molecule has 4 rings (SSSR count). The van der Waals surface area contributed by atoms with Crippen LogP contribution >= 0.6 is 0 Å². The molecule has 0 aromatic heterocycles. The number of likely N-dealkylation sites (tertiary alicyclic amines) is 1. The van der Waals surface area contributed by atoms with Gasteiger partial charge in [0.2, 0.25) is 0 Å². The highest BCUT2D eigenvalue weighted by molar-refractivity contribution is 7.92. The van der Waals surface area contributed by atoms with Crippen molar-refractivity contribution in [3.63, 3.8) is 0 Å². The van der Waals surface area contributed by atoms with Gasteiger partial charge < -0.3 is 15.3 Å². The fourth-order valence-electron chi connectivity index (χ4n) is 4.47. The third-order valence-corrected chi connectivity index (χ3v) is 7.67. The first-order valence-electron chi connectivity index (χ1n) is 11.1. The minimum Gasteiger partial charge on any atom is -0.478 e. The van der Waals surface area contributed by atoms with Crippen molar-refractivity contribution in [1.82, 2.24) is 10.2 Å². The van der Waals surface area contributed by atoms with Gasteiger partial charge in [0.05, 0.1) is 16.8 Å². The first-order valence-corrected chi connectivity index (χ1v) is 12.6. The summed E-state index contributed by atoms with van der Waals surface area (Å²) in [6.45, 7) is 1.47. The van der Waals surface area contributed by atoms with E-state index in [2.05, 4.69) is 22.0 Å². The Kier molecular flexibility index (Phi) is 6.85. The Morgan fingerprint density at radius 2 is 1.79 bits per heavy atom. The van der Waals surface area contributed by atoms with Gasteiger partial charge in [-0.2, -0.15) is 0 Å². The van der Waals surface area contributed by atoms with Gasteiger partial charge in [-0.3, -0.25) is 9.52 Å². The van der Waals surface area contributed by atoms with E-state index in [4.69, 9.17) is 0 Å². The molecule has 8 nitrogen and oxygen atoms in total. The van der Waals surface area contributed by atoms with E-state index in [1.807, 2.05) is 0 Å². The van der Waals surface area contributed by atoms with Crippen molar-refractivity contribution in [3.05, 3.63) is 71.8 Å². The van der Waals surface area contributed by atoms with Crippen molar-refractivity contribution in [2.45, 2.75) is 30.2 Å². The molecular weight excluding hydrogens is 454 g/mol. The van der Waals surface area contributed by atoms with Crippen LogP contribution in [-0.2, 0) is 10.0 Å². The average molecular weight is 482 g/mol. The van der Waals surface area contributed by atoms with Crippen molar-refractivity contribution in [3.8, 4) is 0 Å². The number of carboxylic acid groups (broad SMARTS) is 1. The lowest BCUT2D eigenvalue weighted by Gasteiger charge is -2.19. The van der Waals surface area contributed by atoms with Crippen LogP contribution in [0.4, 0.5) is 5.69 Å². The number of nitrogens with zero attached hydrogens (tertiary/aromatic N) is 1. The second-order valence-electron chi connectivity index (χ2n) is 8.44. The molecule has 1 amide bonds. The number of sulfonamides is 1. The highest BCUT2D eigenvalue weighted by atomic mass is 32.2. The summed E-state index contributed by atoms with van der Waals surface area (Å²) in [7, 11) is -2.18. The summed E-state index contributed by atoms with van der Waals surface area (Å²) < 4.78 is 28.9. The van der Waals surface area contributed by atoms with Crippen molar-refractivity contribution < 1.29 is 23.1 Å². The van der Waals surface area contributed by atoms with Gasteiger partial charge in [-0.05, 0) is 61.8 Å². The Labute approximate surface area is 198 Å². The van der Waals surface area contributed by atoms with Crippen molar-refractivity contribution >= 4 is 38.4 Å². The van der Waals surface area contributed by atoms with Gasteiger partial charge >= 0.3 is 5.97 Å². The predicted molar refractivity (Wildman–Crippen MR) is 131 cm³/mol. The van der Waals surface area contributed by atoms with Gasteiger partial charge in [-0.1, -0.05) is 42.5 Å². The number of carboxylic acids is 1. The van der Waals surface area contributed by atoms with Crippen LogP contribution in [0, 0.1) is 0 Å². The number of benzene rings is 3. The quantitative estimate of drug-likeness (QED) is 0.453. The predicted octanol–water partition coefficient (Wildman–Crippen LogP) is 3.55. The number of anilines is 1. The number of rotatable bonds is 8. The lowest BCUT2D eigenvalue weighted by atomic mass is 10.0. The second kappa shape index (κ2) is 9.82. The third kappa shape index (κ3) is 4.90. The highest BCUT2D eigenvalue weighted by Crippen LogP contribution is 2.29. The van der Waals surface area contributed by atoms with Crippen LogP contribution in [0.15, 0.2) is 65.6 Å². The van der Waals surface area contributed by atoms with Gasteiger partial charge in [0.15, 0.2) is 0 Å². The number of carbonyl (C=O) groups excluding carboxylic acids is 1. The lowest BCUT2D eigenvalue weighted by molar-refractivity contribution is 0.0700. The molecule has 1 saturated heterocycles. The second-order valence-corrected chi connectivity index (χ2v) is 10.1.